The summed E-state index contributed by atoms with van der Waals surface area (Å²) in [7, 11) is 0. The molecule has 2 N–H and O–H groups in total. The summed E-state index contributed by atoms with van der Waals surface area (Å²) in [5.41, 5.74) is 0.524. The fourth-order valence-electron chi connectivity index (χ4n) is 1.52. The van der Waals surface area contributed by atoms with Crippen molar-refractivity contribution >= 4 is 5.91 Å². The zero-order valence-corrected chi connectivity index (χ0v) is 11.1. The highest BCUT2D eigenvalue weighted by Gasteiger charge is 2.17. The monoisotopic (exact) mass is 251 g/mol. The van der Waals surface area contributed by atoms with Gasteiger partial charge in [-0.2, -0.15) is 0 Å². The molecular weight excluding hydrogens is 230 g/mol. The van der Waals surface area contributed by atoms with Gasteiger partial charge in [0.1, 0.15) is 5.75 Å². The third-order valence-electron chi connectivity index (χ3n) is 2.93. The van der Waals surface area contributed by atoms with Crippen LogP contribution < -0.4 is 10.1 Å². The summed E-state index contributed by atoms with van der Waals surface area (Å²) in [5.74, 6) is 0.432. The van der Waals surface area contributed by atoms with E-state index in [-0.39, 0.29) is 24.5 Å². The molecule has 4 nitrogen and oxygen atoms in total. The second-order valence-corrected chi connectivity index (χ2v) is 4.35. The molecule has 2 atom stereocenters. The van der Waals surface area contributed by atoms with Gasteiger partial charge in [0.2, 0.25) is 0 Å². The van der Waals surface area contributed by atoms with E-state index in [1.165, 1.54) is 0 Å². The van der Waals surface area contributed by atoms with Gasteiger partial charge >= 0.3 is 0 Å². The van der Waals surface area contributed by atoms with Crippen LogP contribution in [-0.2, 0) is 0 Å². The van der Waals surface area contributed by atoms with Crippen LogP contribution in [0, 0.1) is 5.92 Å². The predicted octanol–water partition coefficient (Wildman–Crippen LogP) is 1.83. The number of benzene rings is 1. The Balaban J connectivity index is 2.77. The maximum atomic E-state index is 12.1. The predicted molar refractivity (Wildman–Crippen MR) is 70.8 cm³/mol. The van der Waals surface area contributed by atoms with Gasteiger partial charge in [-0.15, -0.1) is 0 Å². The lowest BCUT2D eigenvalue weighted by molar-refractivity contribution is 0.0912. The van der Waals surface area contributed by atoms with E-state index in [9.17, 15) is 4.79 Å². The number of carbonyl (C=O) groups is 1. The molecule has 18 heavy (non-hydrogen) atoms. The Morgan fingerprint density at radius 3 is 2.67 bits per heavy atom. The highest BCUT2D eigenvalue weighted by atomic mass is 16.5. The molecule has 0 aromatic heterocycles. The molecule has 4 heteroatoms. The largest absolute Gasteiger partial charge is 0.493 e. The number of ether oxygens (including phenoxy) is 1. The van der Waals surface area contributed by atoms with Gasteiger partial charge in [0.05, 0.1) is 12.2 Å². The average Bonchev–Trinajstić information content (AvgIpc) is 2.38. The van der Waals surface area contributed by atoms with Crippen molar-refractivity contribution in [3.05, 3.63) is 29.8 Å². The van der Waals surface area contributed by atoms with E-state index in [4.69, 9.17) is 9.84 Å². The molecule has 0 saturated heterocycles. The van der Waals surface area contributed by atoms with Crippen LogP contribution in [0.3, 0.4) is 0 Å². The van der Waals surface area contributed by atoms with Crippen LogP contribution in [0.2, 0.25) is 0 Å². The molecular formula is C14H21NO3. The summed E-state index contributed by atoms with van der Waals surface area (Å²) in [5, 5.41) is 11.9. The molecule has 0 bridgehead atoms. The third kappa shape index (κ3) is 3.74. The molecule has 0 radical (unpaired) electrons. The number of amides is 1. The molecule has 0 aliphatic heterocycles. The first-order valence-corrected chi connectivity index (χ1v) is 6.23. The number of hydrogen-bond acceptors (Lipinski definition) is 3. The van der Waals surface area contributed by atoms with Crippen LogP contribution in [0.4, 0.5) is 0 Å². The van der Waals surface area contributed by atoms with Crippen LogP contribution in [0.25, 0.3) is 0 Å². The minimum Gasteiger partial charge on any atom is -0.493 e. The molecule has 0 aliphatic carbocycles. The van der Waals surface area contributed by atoms with Crippen molar-refractivity contribution in [1.29, 1.82) is 0 Å². The standard InChI is InChI=1S/C14H21NO3/c1-4-18-13-8-6-5-7-12(13)14(17)15-11(3)10(2)9-16/h5-8,10-11,16H,4,9H2,1-3H3,(H,15,17). The number of rotatable bonds is 6. The maximum absolute atomic E-state index is 12.1. The van der Waals surface area contributed by atoms with Crippen molar-refractivity contribution < 1.29 is 14.6 Å². The Hall–Kier alpha value is -1.55. The topological polar surface area (TPSA) is 58.6 Å². The Morgan fingerprint density at radius 1 is 1.39 bits per heavy atom. The van der Waals surface area contributed by atoms with E-state index in [0.29, 0.717) is 17.9 Å². The second kappa shape index (κ2) is 7.01. The van der Waals surface area contributed by atoms with E-state index in [0.717, 1.165) is 0 Å². The van der Waals surface area contributed by atoms with E-state index in [1.807, 2.05) is 26.8 Å². The second-order valence-electron chi connectivity index (χ2n) is 4.35. The van der Waals surface area contributed by atoms with Crippen molar-refractivity contribution in [2.75, 3.05) is 13.2 Å². The van der Waals surface area contributed by atoms with Crippen LogP contribution in [0.1, 0.15) is 31.1 Å². The van der Waals surface area contributed by atoms with Gasteiger partial charge in [-0.1, -0.05) is 19.1 Å². The van der Waals surface area contributed by atoms with Crippen molar-refractivity contribution in [3.8, 4) is 5.75 Å². The van der Waals surface area contributed by atoms with Gasteiger partial charge in [0.25, 0.3) is 5.91 Å². The zero-order chi connectivity index (χ0) is 13.5. The van der Waals surface area contributed by atoms with E-state index in [2.05, 4.69) is 5.32 Å². The first-order chi connectivity index (χ1) is 8.60. The molecule has 100 valence electrons. The van der Waals surface area contributed by atoms with Crippen molar-refractivity contribution in [1.82, 2.24) is 5.32 Å². The van der Waals surface area contributed by atoms with Gasteiger partial charge < -0.3 is 15.2 Å². The first-order valence-electron chi connectivity index (χ1n) is 6.23. The lowest BCUT2D eigenvalue weighted by Crippen LogP contribution is -2.38. The SMILES string of the molecule is CCOc1ccccc1C(=O)NC(C)C(C)CO. The average molecular weight is 251 g/mol. The summed E-state index contributed by atoms with van der Waals surface area (Å²) in [6.45, 7) is 6.22. The molecule has 1 amide bonds. The summed E-state index contributed by atoms with van der Waals surface area (Å²) in [6, 6.07) is 7.06. The van der Waals surface area contributed by atoms with Gasteiger partial charge in [-0.3, -0.25) is 4.79 Å². The molecule has 0 heterocycles. The smallest absolute Gasteiger partial charge is 0.255 e. The van der Waals surface area contributed by atoms with Gasteiger partial charge in [0, 0.05) is 12.6 Å². The first kappa shape index (κ1) is 14.5. The molecule has 2 unspecified atom stereocenters. The fraction of sp³-hybridized carbons (Fsp3) is 0.500. The summed E-state index contributed by atoms with van der Waals surface area (Å²) < 4.78 is 5.42. The van der Waals surface area contributed by atoms with Crippen molar-refractivity contribution in [2.24, 2.45) is 5.92 Å². The number of hydrogen-bond donors (Lipinski definition) is 2. The molecule has 0 spiro atoms. The normalized spacial score (nSPS) is 13.8. The lowest BCUT2D eigenvalue weighted by atomic mass is 10.0. The highest BCUT2D eigenvalue weighted by Crippen LogP contribution is 2.18. The molecule has 0 saturated carbocycles. The number of carbonyl (C=O) groups excluding carboxylic acids is 1. The van der Waals surface area contributed by atoms with Crippen LogP contribution in [0.15, 0.2) is 24.3 Å². The van der Waals surface area contributed by atoms with Crippen molar-refractivity contribution in [2.45, 2.75) is 26.8 Å². The molecule has 1 aromatic rings. The van der Waals surface area contributed by atoms with Gasteiger partial charge in [-0.25, -0.2) is 0 Å². The maximum Gasteiger partial charge on any atom is 0.255 e. The molecule has 0 fully saturated rings. The Kier molecular flexibility index (Phi) is 5.65. The molecule has 1 rings (SSSR count). The van der Waals surface area contributed by atoms with Crippen molar-refractivity contribution in [3.63, 3.8) is 0 Å². The molecule has 0 aliphatic rings. The molecule has 1 aromatic carbocycles. The fourth-order valence-corrected chi connectivity index (χ4v) is 1.52. The number of aliphatic hydroxyl groups is 1. The minimum absolute atomic E-state index is 0.0215. The van der Waals surface area contributed by atoms with Gasteiger partial charge in [0.15, 0.2) is 0 Å². The Labute approximate surface area is 108 Å². The summed E-state index contributed by atoms with van der Waals surface area (Å²) >= 11 is 0. The number of aliphatic hydroxyl groups excluding tert-OH is 1. The van der Waals surface area contributed by atoms with Crippen LogP contribution in [0.5, 0.6) is 5.75 Å². The lowest BCUT2D eigenvalue weighted by Gasteiger charge is -2.20. The van der Waals surface area contributed by atoms with Crippen LogP contribution >= 0.6 is 0 Å². The minimum atomic E-state index is -0.174. The number of nitrogens with one attached hydrogen (secondary N) is 1. The quantitative estimate of drug-likeness (QED) is 0.811. The Morgan fingerprint density at radius 2 is 2.06 bits per heavy atom. The van der Waals surface area contributed by atoms with Crippen LogP contribution in [-0.4, -0.2) is 30.3 Å². The van der Waals surface area contributed by atoms with Gasteiger partial charge in [-0.05, 0) is 31.9 Å². The Bertz CT molecular complexity index is 392. The van der Waals surface area contributed by atoms with E-state index in [1.54, 1.807) is 18.2 Å². The highest BCUT2D eigenvalue weighted by molar-refractivity contribution is 5.97. The van der Waals surface area contributed by atoms with E-state index < -0.39 is 0 Å². The third-order valence-corrected chi connectivity index (χ3v) is 2.93. The zero-order valence-electron chi connectivity index (χ0n) is 11.1. The van der Waals surface area contributed by atoms with E-state index >= 15 is 0 Å². The summed E-state index contributed by atoms with van der Waals surface area (Å²) in [4.78, 5) is 12.1. The summed E-state index contributed by atoms with van der Waals surface area (Å²) in [6.07, 6.45) is 0. The number of para-hydroxylation sites is 1.